The molecule has 2 aromatic rings. The average Bonchev–Trinajstić information content (AvgIpc) is 3.09. The summed E-state index contributed by atoms with van der Waals surface area (Å²) in [5.41, 5.74) is 7.06. The number of cyclic esters (lactones) is 1. The number of esters is 1. The Balaban J connectivity index is 1.67. The first-order chi connectivity index (χ1) is 13.4. The Hall–Kier alpha value is -3.55. The Bertz CT molecular complexity index is 897. The predicted molar refractivity (Wildman–Crippen MR) is 103 cm³/mol. The van der Waals surface area contributed by atoms with Crippen LogP contribution in [0.15, 0.2) is 48.5 Å². The standard InChI is InChI=1S/C20H21N3O5/c1-12(27-16-5-3-4-14(10-16)19(24)26-2)17-11-23(20(25)28-17)15-8-6-13(7-9-15)18(21)22/h3-10,12,17H,11H2,1-2H3,(H3,21,22). The summed E-state index contributed by atoms with van der Waals surface area (Å²) in [7, 11) is 1.31. The molecular weight excluding hydrogens is 362 g/mol. The van der Waals surface area contributed by atoms with E-state index >= 15 is 0 Å². The van der Waals surface area contributed by atoms with Gasteiger partial charge in [-0.3, -0.25) is 10.3 Å². The number of nitrogens with two attached hydrogens (primary N) is 1. The molecule has 0 saturated carbocycles. The SMILES string of the molecule is COC(=O)c1cccc(OC(C)C2CN(c3ccc(C(=N)N)cc3)C(=O)O2)c1. The van der Waals surface area contributed by atoms with Crippen LogP contribution in [0.1, 0.15) is 22.8 Å². The van der Waals surface area contributed by atoms with Crippen molar-refractivity contribution in [1.29, 1.82) is 5.41 Å². The lowest BCUT2D eigenvalue weighted by molar-refractivity contribution is 0.0570. The fourth-order valence-electron chi connectivity index (χ4n) is 2.87. The maximum Gasteiger partial charge on any atom is 0.414 e. The summed E-state index contributed by atoms with van der Waals surface area (Å²) in [5, 5.41) is 7.43. The Kier molecular flexibility index (Phi) is 5.49. The van der Waals surface area contributed by atoms with E-state index in [2.05, 4.69) is 0 Å². The molecule has 8 heteroatoms. The zero-order valence-electron chi connectivity index (χ0n) is 15.5. The zero-order chi connectivity index (χ0) is 20.3. The van der Waals surface area contributed by atoms with Crippen LogP contribution in [-0.2, 0) is 9.47 Å². The first kappa shape index (κ1) is 19.2. The molecular formula is C20H21N3O5. The third-order valence-corrected chi connectivity index (χ3v) is 4.43. The lowest BCUT2D eigenvalue weighted by Crippen LogP contribution is -2.33. The number of ether oxygens (including phenoxy) is 3. The molecule has 1 aliphatic rings. The molecule has 1 heterocycles. The largest absolute Gasteiger partial charge is 0.487 e. The van der Waals surface area contributed by atoms with E-state index in [4.69, 9.17) is 25.4 Å². The predicted octanol–water partition coefficient (Wildman–Crippen LogP) is 2.55. The van der Waals surface area contributed by atoms with Gasteiger partial charge in [0.15, 0.2) is 6.10 Å². The van der Waals surface area contributed by atoms with E-state index in [9.17, 15) is 9.59 Å². The molecule has 2 unspecified atom stereocenters. The number of hydrogen-bond donors (Lipinski definition) is 2. The Morgan fingerprint density at radius 1 is 1.25 bits per heavy atom. The summed E-state index contributed by atoms with van der Waals surface area (Å²) in [6.07, 6.45) is -1.39. The monoisotopic (exact) mass is 383 g/mol. The molecule has 3 N–H and O–H groups in total. The molecule has 3 rings (SSSR count). The third kappa shape index (κ3) is 4.06. The van der Waals surface area contributed by atoms with Crippen molar-refractivity contribution in [1.82, 2.24) is 0 Å². The molecule has 0 aromatic heterocycles. The topological polar surface area (TPSA) is 115 Å². The molecule has 1 saturated heterocycles. The highest BCUT2D eigenvalue weighted by molar-refractivity contribution is 5.96. The zero-order valence-corrected chi connectivity index (χ0v) is 15.5. The van der Waals surface area contributed by atoms with Gasteiger partial charge in [-0.1, -0.05) is 6.07 Å². The van der Waals surface area contributed by atoms with Gasteiger partial charge in [0.1, 0.15) is 17.7 Å². The van der Waals surface area contributed by atoms with E-state index in [-0.39, 0.29) is 5.84 Å². The normalized spacial score (nSPS) is 17.0. The molecule has 0 bridgehead atoms. The van der Waals surface area contributed by atoms with Gasteiger partial charge in [-0.25, -0.2) is 9.59 Å². The van der Waals surface area contributed by atoms with Crippen LogP contribution in [0.4, 0.5) is 10.5 Å². The Morgan fingerprint density at radius 3 is 2.61 bits per heavy atom. The number of rotatable bonds is 6. The highest BCUT2D eigenvalue weighted by Gasteiger charge is 2.36. The summed E-state index contributed by atoms with van der Waals surface area (Å²) >= 11 is 0. The van der Waals surface area contributed by atoms with Crippen LogP contribution in [-0.4, -0.2) is 43.8 Å². The van der Waals surface area contributed by atoms with Crippen molar-refractivity contribution >= 4 is 23.6 Å². The maximum atomic E-state index is 12.3. The quantitative estimate of drug-likeness (QED) is 0.450. The van der Waals surface area contributed by atoms with Crippen LogP contribution in [0.5, 0.6) is 5.75 Å². The number of nitrogens with zero attached hydrogens (tertiary/aromatic N) is 1. The van der Waals surface area contributed by atoms with Gasteiger partial charge < -0.3 is 19.9 Å². The molecule has 28 heavy (non-hydrogen) atoms. The Labute approximate surface area is 162 Å². The highest BCUT2D eigenvalue weighted by Crippen LogP contribution is 2.25. The van der Waals surface area contributed by atoms with Crippen molar-refractivity contribution in [3.05, 3.63) is 59.7 Å². The number of benzene rings is 2. The molecule has 2 atom stereocenters. The second kappa shape index (κ2) is 7.99. The van der Waals surface area contributed by atoms with Gasteiger partial charge in [-0.15, -0.1) is 0 Å². The molecule has 0 radical (unpaired) electrons. The summed E-state index contributed by atoms with van der Waals surface area (Å²) in [4.78, 5) is 25.4. The lowest BCUT2D eigenvalue weighted by Gasteiger charge is -2.20. The van der Waals surface area contributed by atoms with Crippen LogP contribution >= 0.6 is 0 Å². The van der Waals surface area contributed by atoms with Gasteiger partial charge in [0.25, 0.3) is 0 Å². The molecule has 1 amide bonds. The number of amides is 1. The summed E-state index contributed by atoms with van der Waals surface area (Å²) in [6.45, 7) is 2.11. The minimum Gasteiger partial charge on any atom is -0.487 e. The van der Waals surface area contributed by atoms with Crippen molar-refractivity contribution in [2.75, 3.05) is 18.6 Å². The van der Waals surface area contributed by atoms with Gasteiger partial charge in [0, 0.05) is 11.3 Å². The number of nitrogen functional groups attached to an aromatic ring is 1. The van der Waals surface area contributed by atoms with E-state index < -0.39 is 24.3 Å². The fourth-order valence-corrected chi connectivity index (χ4v) is 2.87. The molecule has 146 valence electrons. The van der Waals surface area contributed by atoms with Crippen LogP contribution in [0.2, 0.25) is 0 Å². The molecule has 1 fully saturated rings. The van der Waals surface area contributed by atoms with Gasteiger partial charge >= 0.3 is 12.1 Å². The number of nitrogens with one attached hydrogen (secondary N) is 1. The van der Waals surface area contributed by atoms with Crippen LogP contribution in [0, 0.1) is 5.41 Å². The van der Waals surface area contributed by atoms with E-state index in [1.165, 1.54) is 12.0 Å². The smallest absolute Gasteiger partial charge is 0.414 e. The lowest BCUT2D eigenvalue weighted by atomic mass is 10.1. The van der Waals surface area contributed by atoms with Crippen molar-refractivity contribution in [2.24, 2.45) is 5.73 Å². The molecule has 2 aromatic carbocycles. The second-order valence-corrected chi connectivity index (χ2v) is 6.34. The minimum absolute atomic E-state index is 0.0374. The van der Waals surface area contributed by atoms with Crippen LogP contribution in [0.25, 0.3) is 0 Å². The van der Waals surface area contributed by atoms with Crippen LogP contribution < -0.4 is 15.4 Å². The van der Waals surface area contributed by atoms with Gasteiger partial charge in [-0.2, -0.15) is 0 Å². The molecule has 8 nitrogen and oxygen atoms in total. The van der Waals surface area contributed by atoms with Crippen LogP contribution in [0.3, 0.4) is 0 Å². The third-order valence-electron chi connectivity index (χ3n) is 4.43. The summed E-state index contributed by atoms with van der Waals surface area (Å²) in [5.74, 6) is -0.00841. The van der Waals surface area contributed by atoms with E-state index in [1.807, 2.05) is 0 Å². The van der Waals surface area contributed by atoms with Gasteiger partial charge in [0.05, 0.1) is 19.2 Å². The first-order valence-electron chi connectivity index (χ1n) is 8.66. The number of hydrogen-bond acceptors (Lipinski definition) is 6. The van der Waals surface area contributed by atoms with E-state index in [0.29, 0.717) is 29.1 Å². The fraction of sp³-hybridized carbons (Fsp3) is 0.250. The molecule has 0 aliphatic carbocycles. The van der Waals surface area contributed by atoms with Crippen molar-refractivity contribution in [3.63, 3.8) is 0 Å². The van der Waals surface area contributed by atoms with Gasteiger partial charge in [-0.05, 0) is 49.4 Å². The summed E-state index contributed by atoms with van der Waals surface area (Å²) in [6, 6.07) is 13.4. The second-order valence-electron chi connectivity index (χ2n) is 6.34. The number of carbonyl (C=O) groups excluding carboxylic acids is 2. The van der Waals surface area contributed by atoms with E-state index in [1.54, 1.807) is 55.5 Å². The Morgan fingerprint density at radius 2 is 1.96 bits per heavy atom. The highest BCUT2D eigenvalue weighted by atomic mass is 16.6. The number of amidine groups is 1. The maximum absolute atomic E-state index is 12.3. The van der Waals surface area contributed by atoms with Crippen molar-refractivity contribution in [3.8, 4) is 5.75 Å². The minimum atomic E-state index is -0.484. The number of methoxy groups -OCH3 is 1. The number of anilines is 1. The summed E-state index contributed by atoms with van der Waals surface area (Å²) < 4.78 is 16.0. The van der Waals surface area contributed by atoms with E-state index in [0.717, 1.165) is 0 Å². The van der Waals surface area contributed by atoms with Gasteiger partial charge in [0.2, 0.25) is 0 Å². The van der Waals surface area contributed by atoms with Crippen molar-refractivity contribution < 1.29 is 23.8 Å². The first-order valence-corrected chi connectivity index (χ1v) is 8.66. The molecule has 0 spiro atoms. The number of carbonyl (C=O) groups is 2. The average molecular weight is 383 g/mol. The van der Waals surface area contributed by atoms with Crippen molar-refractivity contribution in [2.45, 2.75) is 19.1 Å². The molecule has 1 aliphatic heterocycles.